The van der Waals surface area contributed by atoms with Gasteiger partial charge in [0.05, 0.1) is 12.2 Å². The average Bonchev–Trinajstić information content (AvgIpc) is 2.54. The quantitative estimate of drug-likeness (QED) is 0.643. The normalized spacial score (nSPS) is 13.3. The van der Waals surface area contributed by atoms with Gasteiger partial charge in [-0.1, -0.05) is 30.3 Å². The summed E-state index contributed by atoms with van der Waals surface area (Å²) in [7, 11) is 1.73. The Morgan fingerprint density at radius 3 is 2.59 bits per heavy atom. The van der Waals surface area contributed by atoms with E-state index in [0.29, 0.717) is 5.75 Å². The van der Waals surface area contributed by atoms with E-state index in [9.17, 15) is 9.59 Å². The fraction of sp³-hybridized carbons (Fsp3) is 0.176. The van der Waals surface area contributed by atoms with E-state index in [4.69, 9.17) is 4.74 Å². The molecule has 0 radical (unpaired) electrons. The summed E-state index contributed by atoms with van der Waals surface area (Å²) in [5.41, 5.74) is 1.58. The molecule has 0 spiro atoms. The summed E-state index contributed by atoms with van der Waals surface area (Å²) in [6, 6.07) is 16.6. The molecular weight excluding hydrogens is 280 g/mol. The van der Waals surface area contributed by atoms with Gasteiger partial charge >= 0.3 is 5.97 Å². The zero-order valence-electron chi connectivity index (χ0n) is 12.2. The smallest absolute Gasteiger partial charge is 0.331 e. The van der Waals surface area contributed by atoms with Crippen molar-refractivity contribution in [2.75, 3.05) is 29.9 Å². The molecule has 0 unspecified atom stereocenters. The molecule has 2 aromatic rings. The first-order valence-corrected chi connectivity index (χ1v) is 7.01. The van der Waals surface area contributed by atoms with Gasteiger partial charge in [0.2, 0.25) is 5.91 Å². The Morgan fingerprint density at radius 2 is 1.82 bits per heavy atom. The number of fused-ring (bicyclic) bond motifs is 1. The Balaban J connectivity index is 1.78. The molecule has 0 aliphatic carbocycles. The highest BCUT2D eigenvalue weighted by atomic mass is 16.5. The van der Waals surface area contributed by atoms with Gasteiger partial charge in [0.1, 0.15) is 6.54 Å². The standard InChI is InChI=1S/C17H16N2O3/c1-18(13-7-3-2-4-8-13)16(20)11-19-12-17(21)22-15-10-6-5-9-14(15)19/h2-10H,11-12H2,1H3. The van der Waals surface area contributed by atoms with E-state index in [1.807, 2.05) is 42.5 Å². The summed E-state index contributed by atoms with van der Waals surface area (Å²) in [5, 5.41) is 0. The molecule has 112 valence electrons. The number of hydrogen-bond acceptors (Lipinski definition) is 4. The van der Waals surface area contributed by atoms with Crippen molar-refractivity contribution in [3.8, 4) is 5.75 Å². The Kier molecular flexibility index (Phi) is 3.78. The molecule has 3 rings (SSSR count). The minimum Gasteiger partial charge on any atom is -0.423 e. The van der Waals surface area contributed by atoms with Crippen molar-refractivity contribution in [2.24, 2.45) is 0 Å². The second-order valence-electron chi connectivity index (χ2n) is 5.09. The summed E-state index contributed by atoms with van der Waals surface area (Å²) in [5.74, 6) is 0.0541. The molecule has 0 saturated heterocycles. The third-order valence-corrected chi connectivity index (χ3v) is 3.59. The van der Waals surface area contributed by atoms with E-state index in [1.54, 1.807) is 29.0 Å². The minimum atomic E-state index is -0.353. The van der Waals surface area contributed by atoms with Crippen LogP contribution in [-0.4, -0.2) is 32.0 Å². The number of esters is 1. The van der Waals surface area contributed by atoms with Crippen LogP contribution in [0.25, 0.3) is 0 Å². The molecule has 0 fully saturated rings. The van der Waals surface area contributed by atoms with Crippen molar-refractivity contribution >= 4 is 23.3 Å². The molecule has 5 heteroatoms. The number of carbonyl (C=O) groups excluding carboxylic acids is 2. The number of benzene rings is 2. The van der Waals surface area contributed by atoms with Crippen molar-refractivity contribution in [1.29, 1.82) is 0 Å². The van der Waals surface area contributed by atoms with E-state index in [2.05, 4.69) is 0 Å². The molecule has 0 atom stereocenters. The molecule has 0 N–H and O–H groups in total. The van der Waals surface area contributed by atoms with E-state index in [1.165, 1.54) is 0 Å². The number of amides is 1. The van der Waals surface area contributed by atoms with Gasteiger partial charge in [-0.25, -0.2) is 4.79 Å². The van der Waals surface area contributed by atoms with Crippen molar-refractivity contribution < 1.29 is 14.3 Å². The van der Waals surface area contributed by atoms with Crippen molar-refractivity contribution in [2.45, 2.75) is 0 Å². The van der Waals surface area contributed by atoms with Crippen LogP contribution in [0.5, 0.6) is 5.75 Å². The SMILES string of the molecule is CN(C(=O)CN1CC(=O)Oc2ccccc21)c1ccccc1. The number of carbonyl (C=O) groups is 2. The summed E-state index contributed by atoms with van der Waals surface area (Å²) < 4.78 is 5.18. The Morgan fingerprint density at radius 1 is 1.14 bits per heavy atom. The van der Waals surface area contributed by atoms with Gasteiger partial charge in [0.15, 0.2) is 5.75 Å². The van der Waals surface area contributed by atoms with Crippen LogP contribution >= 0.6 is 0 Å². The van der Waals surface area contributed by atoms with Crippen LogP contribution in [0.15, 0.2) is 54.6 Å². The molecule has 2 aromatic carbocycles. The first kappa shape index (κ1) is 14.1. The Hall–Kier alpha value is -2.82. The highest BCUT2D eigenvalue weighted by Gasteiger charge is 2.26. The zero-order valence-corrected chi connectivity index (χ0v) is 12.2. The maximum absolute atomic E-state index is 12.5. The molecule has 1 aliphatic heterocycles. The van der Waals surface area contributed by atoms with Crippen molar-refractivity contribution in [1.82, 2.24) is 0 Å². The predicted octanol–water partition coefficient (Wildman–Crippen LogP) is 2.07. The van der Waals surface area contributed by atoms with Gasteiger partial charge in [-0.05, 0) is 24.3 Å². The van der Waals surface area contributed by atoms with E-state index in [0.717, 1.165) is 11.4 Å². The van der Waals surface area contributed by atoms with E-state index < -0.39 is 0 Å². The minimum absolute atomic E-state index is 0.0748. The average molecular weight is 296 g/mol. The highest BCUT2D eigenvalue weighted by Crippen LogP contribution is 2.31. The van der Waals surface area contributed by atoms with Gasteiger partial charge in [-0.3, -0.25) is 4.79 Å². The van der Waals surface area contributed by atoms with E-state index in [-0.39, 0.29) is 25.0 Å². The third kappa shape index (κ3) is 2.79. The molecule has 5 nitrogen and oxygen atoms in total. The number of rotatable bonds is 3. The number of anilines is 2. The van der Waals surface area contributed by atoms with Crippen LogP contribution in [0.1, 0.15) is 0 Å². The second kappa shape index (κ2) is 5.89. The van der Waals surface area contributed by atoms with E-state index >= 15 is 0 Å². The van der Waals surface area contributed by atoms with Gasteiger partial charge in [-0.15, -0.1) is 0 Å². The number of ether oxygens (including phenoxy) is 1. The zero-order chi connectivity index (χ0) is 15.5. The third-order valence-electron chi connectivity index (χ3n) is 3.59. The lowest BCUT2D eigenvalue weighted by Crippen LogP contribution is -2.44. The number of nitrogens with zero attached hydrogens (tertiary/aromatic N) is 2. The molecule has 0 saturated carbocycles. The lowest BCUT2D eigenvalue weighted by molar-refractivity contribution is -0.133. The summed E-state index contributed by atoms with van der Waals surface area (Å²) in [6.07, 6.45) is 0. The van der Waals surface area contributed by atoms with Gasteiger partial charge < -0.3 is 14.5 Å². The molecule has 1 amide bonds. The molecule has 22 heavy (non-hydrogen) atoms. The van der Waals surface area contributed by atoms with Gasteiger partial charge in [-0.2, -0.15) is 0 Å². The van der Waals surface area contributed by atoms with Crippen LogP contribution < -0.4 is 14.5 Å². The monoisotopic (exact) mass is 296 g/mol. The molecule has 0 aromatic heterocycles. The Bertz CT molecular complexity index is 700. The van der Waals surface area contributed by atoms with Crippen LogP contribution in [0.3, 0.4) is 0 Å². The fourth-order valence-corrected chi connectivity index (χ4v) is 2.41. The number of hydrogen-bond donors (Lipinski definition) is 0. The number of para-hydroxylation sites is 3. The van der Waals surface area contributed by atoms with Gasteiger partial charge in [0, 0.05) is 12.7 Å². The van der Waals surface area contributed by atoms with Crippen LogP contribution in [0, 0.1) is 0 Å². The second-order valence-corrected chi connectivity index (χ2v) is 5.09. The largest absolute Gasteiger partial charge is 0.423 e. The van der Waals surface area contributed by atoms with Crippen molar-refractivity contribution in [3.63, 3.8) is 0 Å². The Labute approximate surface area is 128 Å². The predicted molar refractivity (Wildman–Crippen MR) is 84.1 cm³/mol. The molecule has 0 bridgehead atoms. The maximum Gasteiger partial charge on any atom is 0.331 e. The topological polar surface area (TPSA) is 49.9 Å². The fourth-order valence-electron chi connectivity index (χ4n) is 2.41. The van der Waals surface area contributed by atoms with Crippen LogP contribution in [0.2, 0.25) is 0 Å². The maximum atomic E-state index is 12.5. The van der Waals surface area contributed by atoms with Crippen LogP contribution in [0.4, 0.5) is 11.4 Å². The van der Waals surface area contributed by atoms with Gasteiger partial charge in [0.25, 0.3) is 0 Å². The summed E-state index contributed by atoms with van der Waals surface area (Å²) in [6.45, 7) is 0.197. The lowest BCUT2D eigenvalue weighted by Gasteiger charge is -2.30. The van der Waals surface area contributed by atoms with Crippen molar-refractivity contribution in [3.05, 3.63) is 54.6 Å². The lowest BCUT2D eigenvalue weighted by atomic mass is 10.2. The first-order valence-electron chi connectivity index (χ1n) is 7.01. The highest BCUT2D eigenvalue weighted by molar-refractivity contribution is 5.97. The molecule has 1 heterocycles. The summed E-state index contributed by atoms with van der Waals surface area (Å²) in [4.78, 5) is 27.5. The first-order chi connectivity index (χ1) is 10.6. The molecule has 1 aliphatic rings. The number of likely N-dealkylation sites (N-methyl/N-ethyl adjacent to an activating group) is 1. The molecular formula is C17H16N2O3. The van der Waals surface area contributed by atoms with Crippen LogP contribution in [-0.2, 0) is 9.59 Å². The summed E-state index contributed by atoms with van der Waals surface area (Å²) >= 11 is 0.